The predicted octanol–water partition coefficient (Wildman–Crippen LogP) is -2.10. The molecule has 0 aromatic heterocycles. The molecule has 0 atom stereocenters. The Hall–Kier alpha value is 0.700. The zero-order valence-corrected chi connectivity index (χ0v) is 7.20. The van der Waals surface area contributed by atoms with Crippen molar-refractivity contribution >= 4 is 0 Å². The molecule has 0 spiro atoms. The molecule has 0 amide bonds. The molecule has 0 saturated heterocycles. The first kappa shape index (κ1) is 10.6. The van der Waals surface area contributed by atoms with Gasteiger partial charge in [0.15, 0.2) is 0 Å². The Morgan fingerprint density at radius 3 is 2.57 bits per heavy atom. The quantitative estimate of drug-likeness (QED) is 0.249. The second kappa shape index (κ2) is 9.85. The molecule has 0 aliphatic carbocycles. The van der Waals surface area contributed by atoms with Crippen molar-refractivity contribution in [3.8, 4) is 0 Å². The van der Waals surface area contributed by atoms with E-state index in [4.69, 9.17) is 0 Å². The fraction of sp³-hybridized carbons (Fsp3) is 0.600. The van der Waals surface area contributed by atoms with Gasteiger partial charge in [-0.15, -0.1) is 6.58 Å². The van der Waals surface area contributed by atoms with Gasteiger partial charge in [-0.1, -0.05) is 13.0 Å². The van der Waals surface area contributed by atoms with E-state index in [0.29, 0.717) is 0 Å². The molecule has 1 nitrogen and oxygen atoms in total. The van der Waals surface area contributed by atoms with Gasteiger partial charge in [-0.3, -0.25) is 0 Å². The van der Waals surface area contributed by atoms with Crippen LogP contribution in [-0.4, -0.2) is 13.1 Å². The van der Waals surface area contributed by atoms with Crippen molar-refractivity contribution in [2.75, 3.05) is 13.1 Å². The Labute approximate surface area is 69.0 Å². The van der Waals surface area contributed by atoms with Gasteiger partial charge in [0, 0.05) is 6.54 Å². The van der Waals surface area contributed by atoms with Gasteiger partial charge in [-0.05, 0) is 6.54 Å². The van der Waals surface area contributed by atoms with Crippen molar-refractivity contribution in [3.63, 3.8) is 0 Å². The van der Waals surface area contributed by atoms with Crippen molar-refractivity contribution in [1.29, 1.82) is 0 Å². The van der Waals surface area contributed by atoms with E-state index >= 15 is 0 Å². The van der Waals surface area contributed by atoms with Gasteiger partial charge in [0.25, 0.3) is 0 Å². The van der Waals surface area contributed by atoms with Crippen LogP contribution >= 0.6 is 0 Å². The van der Waals surface area contributed by atoms with Crippen LogP contribution in [-0.2, 0) is 0 Å². The second-order valence-electron chi connectivity index (χ2n) is 1.10. The number of nitrogens with one attached hydrogen (secondary N) is 1. The Morgan fingerprint density at radius 2 is 2.43 bits per heavy atom. The van der Waals surface area contributed by atoms with Crippen LogP contribution in [0.3, 0.4) is 0 Å². The van der Waals surface area contributed by atoms with E-state index in [-0.39, 0.29) is 31.0 Å². The van der Waals surface area contributed by atoms with Crippen molar-refractivity contribution in [3.05, 3.63) is 12.7 Å². The van der Waals surface area contributed by atoms with Crippen LogP contribution in [0.25, 0.3) is 0 Å². The minimum Gasteiger partial charge on any atom is -1.00 e. The third-order valence-corrected chi connectivity index (χ3v) is 0.539. The first-order valence-electron chi connectivity index (χ1n) is 2.23. The van der Waals surface area contributed by atoms with E-state index in [1.165, 1.54) is 0 Å². The minimum atomic E-state index is 0. The maximum atomic E-state index is 3.54. The van der Waals surface area contributed by atoms with Gasteiger partial charge in [-0.2, -0.15) is 0 Å². The standard InChI is InChI=1S/C5H11N.Na.H/c1-3-5-6-4-2;;/h3,6H,1,4-5H2,2H3;;/q;+1;-1. The van der Waals surface area contributed by atoms with Crippen LogP contribution in [0.4, 0.5) is 0 Å². The first-order chi connectivity index (χ1) is 2.91. The van der Waals surface area contributed by atoms with Gasteiger partial charge in [-0.25, -0.2) is 0 Å². The summed E-state index contributed by atoms with van der Waals surface area (Å²) in [4.78, 5) is 0. The number of hydrogen-bond donors (Lipinski definition) is 1. The Kier molecular flexibility index (Phi) is 15.0. The van der Waals surface area contributed by atoms with E-state index in [0.717, 1.165) is 13.1 Å². The second-order valence-corrected chi connectivity index (χ2v) is 1.10. The molecule has 0 heterocycles. The topological polar surface area (TPSA) is 12.0 Å². The third-order valence-electron chi connectivity index (χ3n) is 0.539. The summed E-state index contributed by atoms with van der Waals surface area (Å²) < 4.78 is 0. The summed E-state index contributed by atoms with van der Waals surface area (Å²) in [5, 5.41) is 3.08. The van der Waals surface area contributed by atoms with Crippen molar-refractivity contribution in [2.45, 2.75) is 6.92 Å². The molecular formula is C5H12NNa. The third kappa shape index (κ3) is 10.8. The molecule has 0 aromatic rings. The van der Waals surface area contributed by atoms with Crippen LogP contribution in [0.1, 0.15) is 8.35 Å². The molecule has 0 unspecified atom stereocenters. The summed E-state index contributed by atoms with van der Waals surface area (Å²) in [6.45, 7) is 7.57. The molecular weight excluding hydrogens is 97.1 g/mol. The van der Waals surface area contributed by atoms with Crippen LogP contribution < -0.4 is 34.9 Å². The van der Waals surface area contributed by atoms with Gasteiger partial charge < -0.3 is 6.74 Å². The Bertz CT molecular complexity index is 41.4. The smallest absolute Gasteiger partial charge is 1.00 e. The molecule has 1 N–H and O–H groups in total. The Morgan fingerprint density at radius 1 is 1.86 bits per heavy atom. The molecule has 38 valence electrons. The number of rotatable bonds is 3. The van der Waals surface area contributed by atoms with Crippen LogP contribution in [0.5, 0.6) is 0 Å². The van der Waals surface area contributed by atoms with E-state index in [1.54, 1.807) is 0 Å². The molecule has 0 fully saturated rings. The summed E-state index contributed by atoms with van der Waals surface area (Å²) in [5.41, 5.74) is 0. The molecule has 7 heavy (non-hydrogen) atoms. The van der Waals surface area contributed by atoms with E-state index in [1.807, 2.05) is 6.08 Å². The maximum absolute atomic E-state index is 3.54. The van der Waals surface area contributed by atoms with Gasteiger partial charge >= 0.3 is 29.6 Å². The molecule has 0 saturated carbocycles. The normalized spacial score (nSPS) is 7.00. The molecule has 0 rings (SSSR count). The molecule has 0 aliphatic rings. The average molecular weight is 109 g/mol. The average Bonchev–Trinajstić information content (AvgIpc) is 1.61. The number of likely N-dealkylation sites (N-methyl/N-ethyl adjacent to an activating group) is 1. The van der Waals surface area contributed by atoms with Crippen LogP contribution in [0, 0.1) is 0 Å². The summed E-state index contributed by atoms with van der Waals surface area (Å²) >= 11 is 0. The Balaban J connectivity index is -0.000000125. The maximum Gasteiger partial charge on any atom is 1.00 e. The predicted molar refractivity (Wildman–Crippen MR) is 29.9 cm³/mol. The van der Waals surface area contributed by atoms with Crippen molar-refractivity contribution < 1.29 is 31.0 Å². The minimum absolute atomic E-state index is 0. The molecule has 0 aromatic carbocycles. The van der Waals surface area contributed by atoms with Gasteiger partial charge in [0.05, 0.1) is 0 Å². The monoisotopic (exact) mass is 109 g/mol. The summed E-state index contributed by atoms with van der Waals surface area (Å²) in [7, 11) is 0. The number of hydrogen-bond acceptors (Lipinski definition) is 1. The van der Waals surface area contributed by atoms with Gasteiger partial charge in [0.2, 0.25) is 0 Å². The van der Waals surface area contributed by atoms with E-state index in [2.05, 4.69) is 18.8 Å². The van der Waals surface area contributed by atoms with E-state index < -0.39 is 0 Å². The fourth-order valence-corrected chi connectivity index (χ4v) is 0.246. The summed E-state index contributed by atoms with van der Waals surface area (Å²) in [5.74, 6) is 0. The largest absolute Gasteiger partial charge is 1.00 e. The summed E-state index contributed by atoms with van der Waals surface area (Å²) in [6, 6.07) is 0. The van der Waals surface area contributed by atoms with E-state index in [9.17, 15) is 0 Å². The van der Waals surface area contributed by atoms with Crippen molar-refractivity contribution in [1.82, 2.24) is 5.32 Å². The molecule has 0 aliphatic heterocycles. The van der Waals surface area contributed by atoms with Crippen LogP contribution in [0.2, 0.25) is 0 Å². The van der Waals surface area contributed by atoms with Crippen LogP contribution in [0.15, 0.2) is 12.7 Å². The molecule has 2 heteroatoms. The first-order valence-corrected chi connectivity index (χ1v) is 2.23. The molecule has 0 radical (unpaired) electrons. The summed E-state index contributed by atoms with van der Waals surface area (Å²) in [6.07, 6.45) is 1.85. The molecule has 0 bridgehead atoms. The SMILES string of the molecule is C=CCNCC.[H-].[Na+]. The van der Waals surface area contributed by atoms with Gasteiger partial charge in [0.1, 0.15) is 0 Å². The zero-order valence-electron chi connectivity index (χ0n) is 6.20. The zero-order chi connectivity index (χ0) is 4.83. The fourth-order valence-electron chi connectivity index (χ4n) is 0.246. The van der Waals surface area contributed by atoms with Crippen molar-refractivity contribution in [2.24, 2.45) is 0 Å².